The van der Waals surface area contributed by atoms with Crippen LogP contribution in [0.2, 0.25) is 0 Å². The Morgan fingerprint density at radius 3 is 2.80 bits per heavy atom. The van der Waals surface area contributed by atoms with Crippen molar-refractivity contribution in [1.29, 1.82) is 5.26 Å². The van der Waals surface area contributed by atoms with Gasteiger partial charge in [-0.25, -0.2) is 4.98 Å². The summed E-state index contributed by atoms with van der Waals surface area (Å²) in [5.74, 6) is 0.430. The van der Waals surface area contributed by atoms with E-state index in [4.69, 9.17) is 11.0 Å². The smallest absolute Gasteiger partial charge is 0.142 e. The van der Waals surface area contributed by atoms with E-state index in [1.807, 2.05) is 13.0 Å². The van der Waals surface area contributed by atoms with Crippen molar-refractivity contribution in [3.63, 3.8) is 0 Å². The number of hydrogen-bond donors (Lipinski definition) is 1. The third-order valence-corrected chi connectivity index (χ3v) is 1.25. The van der Waals surface area contributed by atoms with Crippen LogP contribution in [0.3, 0.4) is 0 Å². The van der Waals surface area contributed by atoms with Crippen LogP contribution >= 0.6 is 0 Å². The number of pyridine rings is 1. The van der Waals surface area contributed by atoms with E-state index in [1.54, 1.807) is 12.1 Å². The topological polar surface area (TPSA) is 62.7 Å². The highest BCUT2D eigenvalue weighted by molar-refractivity contribution is 5.41. The van der Waals surface area contributed by atoms with E-state index in [-0.39, 0.29) is 0 Å². The average molecular weight is 133 g/mol. The lowest BCUT2D eigenvalue weighted by Crippen LogP contribution is -1.94. The third kappa shape index (κ3) is 1.06. The van der Waals surface area contributed by atoms with Gasteiger partial charge in [-0.15, -0.1) is 0 Å². The summed E-state index contributed by atoms with van der Waals surface area (Å²) in [6, 6.07) is 5.33. The maximum Gasteiger partial charge on any atom is 0.142 e. The van der Waals surface area contributed by atoms with Gasteiger partial charge >= 0.3 is 0 Å². The molecule has 0 saturated heterocycles. The first kappa shape index (κ1) is 6.56. The highest BCUT2D eigenvalue weighted by Gasteiger charge is 1.94. The lowest BCUT2D eigenvalue weighted by Gasteiger charge is -1.95. The Balaban J connectivity index is 3.20. The zero-order valence-corrected chi connectivity index (χ0v) is 5.63. The van der Waals surface area contributed by atoms with E-state index < -0.39 is 0 Å². The van der Waals surface area contributed by atoms with Crippen molar-refractivity contribution in [2.45, 2.75) is 6.92 Å². The minimum atomic E-state index is 0.364. The number of aromatic nitrogens is 1. The molecule has 0 aliphatic carbocycles. The van der Waals surface area contributed by atoms with Crippen molar-refractivity contribution in [2.75, 3.05) is 5.73 Å². The molecular formula is C7H7N3. The first-order valence-electron chi connectivity index (χ1n) is 2.87. The number of nitrogens with zero attached hydrogens (tertiary/aromatic N) is 2. The second-order valence-electron chi connectivity index (χ2n) is 2.01. The Hall–Kier alpha value is -1.56. The van der Waals surface area contributed by atoms with Crippen LogP contribution in [0.4, 0.5) is 5.82 Å². The second kappa shape index (κ2) is 2.36. The molecule has 3 nitrogen and oxygen atoms in total. The zero-order chi connectivity index (χ0) is 7.56. The van der Waals surface area contributed by atoms with E-state index in [0.29, 0.717) is 11.5 Å². The average Bonchev–Trinajstić information content (AvgIpc) is 1.95. The fourth-order valence-corrected chi connectivity index (χ4v) is 0.607. The standard InChI is InChI=1S/C7H7N3/c1-5-2-3-6(4-8)10-7(5)9/h2-3H,1H3,(H2,9,10). The van der Waals surface area contributed by atoms with Gasteiger partial charge in [-0.1, -0.05) is 6.07 Å². The van der Waals surface area contributed by atoms with E-state index in [2.05, 4.69) is 4.98 Å². The second-order valence-corrected chi connectivity index (χ2v) is 2.01. The molecule has 3 heteroatoms. The fourth-order valence-electron chi connectivity index (χ4n) is 0.607. The number of aryl methyl sites for hydroxylation is 1. The van der Waals surface area contributed by atoms with Gasteiger partial charge in [0.1, 0.15) is 17.6 Å². The summed E-state index contributed by atoms with van der Waals surface area (Å²) in [5, 5.41) is 8.38. The minimum Gasteiger partial charge on any atom is -0.383 e. The van der Waals surface area contributed by atoms with Gasteiger partial charge in [0.25, 0.3) is 0 Å². The van der Waals surface area contributed by atoms with Crippen LogP contribution in [0.5, 0.6) is 0 Å². The Bertz CT molecular complexity index is 285. The number of rotatable bonds is 0. The Kier molecular flexibility index (Phi) is 1.55. The summed E-state index contributed by atoms with van der Waals surface area (Å²) in [4.78, 5) is 3.81. The molecule has 50 valence electrons. The monoisotopic (exact) mass is 133 g/mol. The van der Waals surface area contributed by atoms with Crippen LogP contribution in [0, 0.1) is 18.3 Å². The third-order valence-electron chi connectivity index (χ3n) is 1.25. The lowest BCUT2D eigenvalue weighted by atomic mass is 10.2. The van der Waals surface area contributed by atoms with Crippen molar-refractivity contribution in [3.05, 3.63) is 23.4 Å². The van der Waals surface area contributed by atoms with Crippen molar-refractivity contribution in [2.24, 2.45) is 0 Å². The van der Waals surface area contributed by atoms with Gasteiger partial charge in [0.2, 0.25) is 0 Å². The van der Waals surface area contributed by atoms with Crippen molar-refractivity contribution < 1.29 is 0 Å². The number of anilines is 1. The summed E-state index contributed by atoms with van der Waals surface area (Å²) in [7, 11) is 0. The zero-order valence-electron chi connectivity index (χ0n) is 5.63. The van der Waals surface area contributed by atoms with Gasteiger partial charge in [-0.3, -0.25) is 0 Å². The highest BCUT2D eigenvalue weighted by Crippen LogP contribution is 2.06. The van der Waals surface area contributed by atoms with Gasteiger partial charge in [0, 0.05) is 0 Å². The number of nitriles is 1. The fraction of sp³-hybridized carbons (Fsp3) is 0.143. The quantitative estimate of drug-likeness (QED) is 0.570. The van der Waals surface area contributed by atoms with Crippen molar-refractivity contribution in [1.82, 2.24) is 4.98 Å². The summed E-state index contributed by atoms with van der Waals surface area (Å²) in [5.41, 5.74) is 6.70. The van der Waals surface area contributed by atoms with E-state index in [1.165, 1.54) is 0 Å². The highest BCUT2D eigenvalue weighted by atomic mass is 14.8. The molecule has 1 heterocycles. The van der Waals surface area contributed by atoms with Gasteiger partial charge in [0.05, 0.1) is 0 Å². The van der Waals surface area contributed by atoms with Crippen molar-refractivity contribution in [3.8, 4) is 6.07 Å². The number of hydrogen-bond acceptors (Lipinski definition) is 3. The molecule has 0 spiro atoms. The minimum absolute atomic E-state index is 0.364. The largest absolute Gasteiger partial charge is 0.383 e. The summed E-state index contributed by atoms with van der Waals surface area (Å²) in [6.07, 6.45) is 0. The predicted octanol–water partition coefficient (Wildman–Crippen LogP) is 0.844. The molecule has 1 rings (SSSR count). The van der Waals surface area contributed by atoms with Gasteiger partial charge in [-0.2, -0.15) is 5.26 Å². The lowest BCUT2D eigenvalue weighted by molar-refractivity contribution is 1.23. The number of nitrogens with two attached hydrogens (primary N) is 1. The van der Waals surface area contributed by atoms with E-state index in [0.717, 1.165) is 5.56 Å². The molecule has 10 heavy (non-hydrogen) atoms. The molecule has 0 amide bonds. The molecule has 2 N–H and O–H groups in total. The Morgan fingerprint density at radius 1 is 1.60 bits per heavy atom. The van der Waals surface area contributed by atoms with Crippen LogP contribution in [-0.4, -0.2) is 4.98 Å². The summed E-state index contributed by atoms with van der Waals surface area (Å²) in [6.45, 7) is 1.85. The molecular weight excluding hydrogens is 126 g/mol. The predicted molar refractivity (Wildman–Crippen MR) is 38.1 cm³/mol. The summed E-state index contributed by atoms with van der Waals surface area (Å²) < 4.78 is 0. The van der Waals surface area contributed by atoms with Crippen LogP contribution in [0.25, 0.3) is 0 Å². The Labute approximate surface area is 59.1 Å². The van der Waals surface area contributed by atoms with Crippen LogP contribution in [0.15, 0.2) is 12.1 Å². The maximum absolute atomic E-state index is 8.38. The molecule has 0 aliphatic rings. The van der Waals surface area contributed by atoms with Gasteiger partial charge in [0.15, 0.2) is 0 Å². The molecule has 0 fully saturated rings. The van der Waals surface area contributed by atoms with Crippen LogP contribution in [0.1, 0.15) is 11.3 Å². The molecule has 0 atom stereocenters. The first-order chi connectivity index (χ1) is 4.74. The number of nitrogen functional groups attached to an aromatic ring is 1. The van der Waals surface area contributed by atoms with Crippen molar-refractivity contribution >= 4 is 5.82 Å². The molecule has 0 unspecified atom stereocenters. The SMILES string of the molecule is Cc1ccc(C#N)nc1N. The Morgan fingerprint density at radius 2 is 2.30 bits per heavy atom. The molecule has 0 saturated carbocycles. The molecule has 0 aromatic carbocycles. The maximum atomic E-state index is 8.38. The molecule has 1 aromatic rings. The molecule has 0 radical (unpaired) electrons. The molecule has 0 aliphatic heterocycles. The van der Waals surface area contributed by atoms with E-state index in [9.17, 15) is 0 Å². The first-order valence-corrected chi connectivity index (χ1v) is 2.87. The van der Waals surface area contributed by atoms with Gasteiger partial charge < -0.3 is 5.73 Å². The normalized spacial score (nSPS) is 8.80. The van der Waals surface area contributed by atoms with Gasteiger partial charge in [-0.05, 0) is 18.6 Å². The molecule has 0 bridgehead atoms. The van der Waals surface area contributed by atoms with Crippen LogP contribution < -0.4 is 5.73 Å². The van der Waals surface area contributed by atoms with Crippen LogP contribution in [-0.2, 0) is 0 Å². The summed E-state index contributed by atoms with van der Waals surface area (Å²) >= 11 is 0. The molecule has 1 aromatic heterocycles. The van der Waals surface area contributed by atoms with E-state index >= 15 is 0 Å².